The lowest BCUT2D eigenvalue weighted by Crippen LogP contribution is -2.23. The molecular formula is C20H23N3S2. The average Bonchev–Trinajstić information content (AvgIpc) is 3.42. The minimum absolute atomic E-state index is 0.271. The summed E-state index contributed by atoms with van der Waals surface area (Å²) in [7, 11) is 0. The maximum atomic E-state index is 4.53. The molecule has 130 valence electrons. The molecule has 5 heteroatoms. The number of anilines is 1. The van der Waals surface area contributed by atoms with Gasteiger partial charge in [-0.15, -0.1) is 11.3 Å². The fourth-order valence-electron chi connectivity index (χ4n) is 3.34. The molecule has 1 unspecified atom stereocenters. The highest BCUT2D eigenvalue weighted by atomic mass is 32.1. The molecule has 1 fully saturated rings. The van der Waals surface area contributed by atoms with Crippen LogP contribution in [0.15, 0.2) is 52.7 Å². The van der Waals surface area contributed by atoms with Crippen LogP contribution >= 0.6 is 22.7 Å². The van der Waals surface area contributed by atoms with Crippen molar-refractivity contribution < 1.29 is 0 Å². The number of hydrogen-bond acceptors (Lipinski definition) is 5. The third-order valence-electron chi connectivity index (χ3n) is 4.73. The van der Waals surface area contributed by atoms with Crippen molar-refractivity contribution in [2.45, 2.75) is 31.8 Å². The standard InChI is InChI=1S/C20H23N3S2/c1-2-10-23(9-1)18-5-3-16(4-6-18)14-22-19(20-21-8-12-25-20)13-17-7-11-24-15-17/h3-8,11-12,15,19,22H,1-2,9-10,13-14H2. The highest BCUT2D eigenvalue weighted by Crippen LogP contribution is 2.23. The summed E-state index contributed by atoms with van der Waals surface area (Å²) in [6, 6.07) is 11.5. The van der Waals surface area contributed by atoms with Crippen molar-refractivity contribution in [2.75, 3.05) is 18.0 Å². The van der Waals surface area contributed by atoms with E-state index in [1.807, 2.05) is 6.20 Å². The van der Waals surface area contributed by atoms with Crippen LogP contribution in [-0.4, -0.2) is 18.1 Å². The van der Waals surface area contributed by atoms with Gasteiger partial charge in [-0.2, -0.15) is 11.3 Å². The molecule has 25 heavy (non-hydrogen) atoms. The van der Waals surface area contributed by atoms with E-state index in [9.17, 15) is 0 Å². The van der Waals surface area contributed by atoms with E-state index >= 15 is 0 Å². The van der Waals surface area contributed by atoms with Crippen molar-refractivity contribution >= 4 is 28.4 Å². The van der Waals surface area contributed by atoms with E-state index < -0.39 is 0 Å². The Morgan fingerprint density at radius 1 is 1.04 bits per heavy atom. The third-order valence-corrected chi connectivity index (χ3v) is 6.35. The molecule has 1 aromatic carbocycles. The van der Waals surface area contributed by atoms with Crippen LogP contribution < -0.4 is 10.2 Å². The first kappa shape index (κ1) is 16.8. The van der Waals surface area contributed by atoms with Gasteiger partial charge in [-0.05, 0) is 59.3 Å². The molecule has 0 bridgehead atoms. The monoisotopic (exact) mass is 369 g/mol. The fourth-order valence-corrected chi connectivity index (χ4v) is 4.73. The summed E-state index contributed by atoms with van der Waals surface area (Å²) < 4.78 is 0. The maximum Gasteiger partial charge on any atom is 0.110 e. The smallest absolute Gasteiger partial charge is 0.110 e. The van der Waals surface area contributed by atoms with Gasteiger partial charge < -0.3 is 10.2 Å². The lowest BCUT2D eigenvalue weighted by Gasteiger charge is -2.19. The van der Waals surface area contributed by atoms with Gasteiger partial charge in [0.1, 0.15) is 5.01 Å². The lowest BCUT2D eigenvalue weighted by atomic mass is 10.1. The quantitative estimate of drug-likeness (QED) is 0.643. The number of aromatic nitrogens is 1. The second-order valence-corrected chi connectivity index (χ2v) is 8.21. The van der Waals surface area contributed by atoms with E-state index in [1.165, 1.54) is 47.8 Å². The fraction of sp³-hybridized carbons (Fsp3) is 0.350. The predicted octanol–water partition coefficient (Wildman–Crippen LogP) is 4.88. The molecule has 3 aromatic rings. The summed E-state index contributed by atoms with van der Waals surface area (Å²) >= 11 is 3.49. The first-order chi connectivity index (χ1) is 12.4. The van der Waals surface area contributed by atoms with Gasteiger partial charge in [0.25, 0.3) is 0 Å². The van der Waals surface area contributed by atoms with Crippen molar-refractivity contribution in [3.05, 3.63) is 68.8 Å². The van der Waals surface area contributed by atoms with Crippen LogP contribution in [0.25, 0.3) is 0 Å². The molecule has 3 heterocycles. The van der Waals surface area contributed by atoms with Crippen molar-refractivity contribution in [2.24, 2.45) is 0 Å². The zero-order valence-corrected chi connectivity index (χ0v) is 15.9. The SMILES string of the molecule is c1csc(C(Cc2ccsc2)NCc2ccc(N3CCCC3)cc2)n1. The lowest BCUT2D eigenvalue weighted by molar-refractivity contribution is 0.528. The molecule has 1 atom stereocenters. The Bertz CT molecular complexity index is 745. The second-order valence-electron chi connectivity index (χ2n) is 6.50. The molecule has 4 rings (SSSR count). The maximum absolute atomic E-state index is 4.53. The number of nitrogens with zero attached hydrogens (tertiary/aromatic N) is 2. The molecule has 1 saturated heterocycles. The summed E-state index contributed by atoms with van der Waals surface area (Å²) in [5, 5.41) is 11.3. The molecule has 1 aliphatic heterocycles. The molecule has 0 aliphatic carbocycles. The van der Waals surface area contributed by atoms with Crippen LogP contribution in [-0.2, 0) is 13.0 Å². The zero-order valence-electron chi connectivity index (χ0n) is 14.2. The Balaban J connectivity index is 1.40. The largest absolute Gasteiger partial charge is 0.372 e. The van der Waals surface area contributed by atoms with E-state index in [-0.39, 0.29) is 6.04 Å². The number of rotatable bonds is 7. The zero-order chi connectivity index (χ0) is 16.9. The molecule has 0 saturated carbocycles. The molecule has 0 amide bonds. The molecular weight excluding hydrogens is 346 g/mol. The van der Waals surface area contributed by atoms with E-state index in [0.29, 0.717) is 0 Å². The summed E-state index contributed by atoms with van der Waals surface area (Å²) in [4.78, 5) is 7.01. The minimum atomic E-state index is 0.271. The van der Waals surface area contributed by atoms with Gasteiger partial charge in [-0.25, -0.2) is 4.98 Å². The normalized spacial score (nSPS) is 15.6. The van der Waals surface area contributed by atoms with Crippen LogP contribution in [0.4, 0.5) is 5.69 Å². The summed E-state index contributed by atoms with van der Waals surface area (Å²) in [5.41, 5.74) is 4.06. The number of benzene rings is 1. The van der Waals surface area contributed by atoms with Gasteiger partial charge in [-0.3, -0.25) is 0 Å². The van der Waals surface area contributed by atoms with Gasteiger partial charge in [-0.1, -0.05) is 12.1 Å². The van der Waals surface area contributed by atoms with Gasteiger partial charge in [0.05, 0.1) is 6.04 Å². The van der Waals surface area contributed by atoms with Crippen molar-refractivity contribution in [1.82, 2.24) is 10.3 Å². The van der Waals surface area contributed by atoms with Crippen LogP contribution in [0, 0.1) is 0 Å². The first-order valence-corrected chi connectivity index (χ1v) is 10.7. The van der Waals surface area contributed by atoms with E-state index in [1.54, 1.807) is 22.7 Å². The van der Waals surface area contributed by atoms with E-state index in [0.717, 1.165) is 13.0 Å². The third kappa shape index (κ3) is 4.29. The Kier molecular flexibility index (Phi) is 5.45. The van der Waals surface area contributed by atoms with Gasteiger partial charge >= 0.3 is 0 Å². The molecule has 2 aromatic heterocycles. The van der Waals surface area contributed by atoms with Crippen molar-refractivity contribution in [3.8, 4) is 0 Å². The number of nitrogens with one attached hydrogen (secondary N) is 1. The highest BCUT2D eigenvalue weighted by molar-refractivity contribution is 7.09. The Morgan fingerprint density at radius 3 is 2.56 bits per heavy atom. The van der Waals surface area contributed by atoms with E-state index in [4.69, 9.17) is 0 Å². The molecule has 0 radical (unpaired) electrons. The number of thiazole rings is 1. The van der Waals surface area contributed by atoms with Crippen LogP contribution in [0.5, 0.6) is 0 Å². The molecule has 3 nitrogen and oxygen atoms in total. The van der Waals surface area contributed by atoms with Crippen molar-refractivity contribution in [3.63, 3.8) is 0 Å². The Labute approximate surface area is 157 Å². The average molecular weight is 370 g/mol. The number of hydrogen-bond donors (Lipinski definition) is 1. The summed E-state index contributed by atoms with van der Waals surface area (Å²) in [6.07, 6.45) is 5.53. The second kappa shape index (κ2) is 8.13. The molecule has 1 N–H and O–H groups in total. The van der Waals surface area contributed by atoms with Gasteiger partial charge in [0.15, 0.2) is 0 Å². The van der Waals surface area contributed by atoms with Crippen LogP contribution in [0.1, 0.15) is 35.0 Å². The van der Waals surface area contributed by atoms with Crippen LogP contribution in [0.3, 0.4) is 0 Å². The van der Waals surface area contributed by atoms with Gasteiger partial charge in [0, 0.05) is 36.9 Å². The van der Waals surface area contributed by atoms with Gasteiger partial charge in [0.2, 0.25) is 0 Å². The van der Waals surface area contributed by atoms with Crippen LogP contribution in [0.2, 0.25) is 0 Å². The number of thiophene rings is 1. The van der Waals surface area contributed by atoms with E-state index in [2.05, 4.69) is 61.7 Å². The molecule has 1 aliphatic rings. The first-order valence-electron chi connectivity index (χ1n) is 8.86. The summed E-state index contributed by atoms with van der Waals surface area (Å²) in [6.45, 7) is 3.27. The highest BCUT2D eigenvalue weighted by Gasteiger charge is 2.15. The summed E-state index contributed by atoms with van der Waals surface area (Å²) in [5.74, 6) is 0. The Hall–Kier alpha value is -1.69. The molecule has 0 spiro atoms. The Morgan fingerprint density at radius 2 is 1.88 bits per heavy atom. The topological polar surface area (TPSA) is 28.2 Å². The minimum Gasteiger partial charge on any atom is -0.372 e. The predicted molar refractivity (Wildman–Crippen MR) is 108 cm³/mol. The van der Waals surface area contributed by atoms with Crippen molar-refractivity contribution in [1.29, 1.82) is 0 Å².